The number of aromatic nitrogens is 1. The highest BCUT2D eigenvalue weighted by molar-refractivity contribution is 9.10. The normalized spacial score (nSPS) is 10.8. The molecule has 0 aliphatic heterocycles. The van der Waals surface area contributed by atoms with Gasteiger partial charge in [0.15, 0.2) is 0 Å². The summed E-state index contributed by atoms with van der Waals surface area (Å²) in [5, 5.41) is 0.982. The molecular formula is C17H15BrN2O. The topological polar surface area (TPSA) is 48.1 Å². The van der Waals surface area contributed by atoms with Gasteiger partial charge in [0.2, 0.25) is 0 Å². The Morgan fingerprint density at radius 1 is 1.14 bits per heavy atom. The van der Waals surface area contributed by atoms with Crippen molar-refractivity contribution < 1.29 is 4.74 Å². The molecule has 0 bridgehead atoms. The van der Waals surface area contributed by atoms with Crippen molar-refractivity contribution in [2.45, 2.75) is 13.5 Å². The van der Waals surface area contributed by atoms with Crippen LogP contribution in [-0.4, -0.2) is 4.98 Å². The number of nitrogens with zero attached hydrogens (tertiary/aromatic N) is 1. The maximum Gasteiger partial charge on any atom is 0.138 e. The van der Waals surface area contributed by atoms with E-state index in [0.29, 0.717) is 6.54 Å². The highest BCUT2D eigenvalue weighted by Gasteiger charge is 2.08. The molecule has 4 heteroatoms. The monoisotopic (exact) mass is 342 g/mol. The van der Waals surface area contributed by atoms with Gasteiger partial charge in [-0.15, -0.1) is 0 Å². The lowest BCUT2D eigenvalue weighted by molar-refractivity contribution is 0.486. The molecule has 2 aromatic carbocycles. The van der Waals surface area contributed by atoms with Gasteiger partial charge in [0.1, 0.15) is 11.5 Å². The van der Waals surface area contributed by atoms with Crippen molar-refractivity contribution in [2.24, 2.45) is 5.73 Å². The van der Waals surface area contributed by atoms with E-state index in [4.69, 9.17) is 10.5 Å². The first kappa shape index (κ1) is 14.0. The lowest BCUT2D eigenvalue weighted by atomic mass is 10.1. The van der Waals surface area contributed by atoms with Gasteiger partial charge in [0.05, 0.1) is 11.2 Å². The van der Waals surface area contributed by atoms with Crippen LogP contribution in [0.5, 0.6) is 11.5 Å². The number of nitrogens with two attached hydrogens (primary N) is 1. The first-order chi connectivity index (χ1) is 10.2. The molecule has 0 saturated carbocycles. The zero-order chi connectivity index (χ0) is 14.8. The van der Waals surface area contributed by atoms with Crippen molar-refractivity contribution in [3.05, 3.63) is 64.3 Å². The van der Waals surface area contributed by atoms with Gasteiger partial charge in [-0.3, -0.25) is 4.98 Å². The molecule has 2 N–H and O–H groups in total. The van der Waals surface area contributed by atoms with Gasteiger partial charge in [0.25, 0.3) is 0 Å². The molecule has 0 amide bonds. The summed E-state index contributed by atoms with van der Waals surface area (Å²) in [6.07, 6.45) is 0. The van der Waals surface area contributed by atoms with Gasteiger partial charge in [-0.25, -0.2) is 0 Å². The summed E-state index contributed by atoms with van der Waals surface area (Å²) < 4.78 is 7.12. The van der Waals surface area contributed by atoms with E-state index in [9.17, 15) is 0 Å². The second kappa shape index (κ2) is 5.84. The lowest BCUT2D eigenvalue weighted by Crippen LogP contribution is -2.00. The third-order valence-electron chi connectivity index (χ3n) is 3.30. The average molecular weight is 343 g/mol. The molecule has 3 aromatic rings. The second-order valence-corrected chi connectivity index (χ2v) is 5.70. The van der Waals surface area contributed by atoms with Crippen LogP contribution in [0.4, 0.5) is 0 Å². The molecule has 0 unspecified atom stereocenters. The smallest absolute Gasteiger partial charge is 0.138 e. The first-order valence-corrected chi connectivity index (χ1v) is 7.49. The maximum atomic E-state index is 6.05. The summed E-state index contributed by atoms with van der Waals surface area (Å²) in [7, 11) is 0. The van der Waals surface area contributed by atoms with Crippen LogP contribution >= 0.6 is 15.9 Å². The quantitative estimate of drug-likeness (QED) is 0.759. The molecule has 0 aliphatic carbocycles. The van der Waals surface area contributed by atoms with E-state index < -0.39 is 0 Å². The fourth-order valence-electron chi connectivity index (χ4n) is 2.19. The Hall–Kier alpha value is -1.91. The Morgan fingerprint density at radius 3 is 2.71 bits per heavy atom. The van der Waals surface area contributed by atoms with E-state index in [1.54, 1.807) is 0 Å². The van der Waals surface area contributed by atoms with Crippen LogP contribution in [0.3, 0.4) is 0 Å². The number of hydrogen-bond acceptors (Lipinski definition) is 3. The largest absolute Gasteiger partial charge is 0.457 e. The van der Waals surface area contributed by atoms with Crippen LogP contribution in [0.2, 0.25) is 0 Å². The van der Waals surface area contributed by atoms with E-state index >= 15 is 0 Å². The Labute approximate surface area is 131 Å². The van der Waals surface area contributed by atoms with E-state index in [0.717, 1.165) is 38.1 Å². The minimum atomic E-state index is 0.389. The van der Waals surface area contributed by atoms with E-state index in [1.807, 2.05) is 55.5 Å². The van der Waals surface area contributed by atoms with Gasteiger partial charge in [-0.2, -0.15) is 0 Å². The van der Waals surface area contributed by atoms with Gasteiger partial charge >= 0.3 is 0 Å². The first-order valence-electron chi connectivity index (χ1n) is 6.70. The minimum absolute atomic E-state index is 0.389. The zero-order valence-electron chi connectivity index (χ0n) is 11.6. The van der Waals surface area contributed by atoms with E-state index in [-0.39, 0.29) is 0 Å². The van der Waals surface area contributed by atoms with Crippen molar-refractivity contribution in [1.29, 1.82) is 0 Å². The van der Waals surface area contributed by atoms with Crippen molar-refractivity contribution >= 4 is 26.8 Å². The zero-order valence-corrected chi connectivity index (χ0v) is 13.2. The number of ether oxygens (including phenoxy) is 1. The van der Waals surface area contributed by atoms with Gasteiger partial charge < -0.3 is 10.5 Å². The Bertz CT molecular complexity index is 802. The van der Waals surface area contributed by atoms with Crippen LogP contribution in [0.15, 0.2) is 53.0 Å². The molecule has 1 aromatic heterocycles. The van der Waals surface area contributed by atoms with E-state index in [2.05, 4.69) is 20.9 Å². The lowest BCUT2D eigenvalue weighted by Gasteiger charge is -2.11. The summed E-state index contributed by atoms with van der Waals surface area (Å²) in [5.41, 5.74) is 8.56. The molecule has 0 fully saturated rings. The molecular weight excluding hydrogens is 328 g/mol. The SMILES string of the molecule is Cc1cc(Oc2cc(CN)nc3ccccc23)ccc1Br. The molecule has 0 saturated heterocycles. The number of rotatable bonds is 3. The van der Waals surface area contributed by atoms with Gasteiger partial charge in [-0.05, 0) is 42.8 Å². The third-order valence-corrected chi connectivity index (χ3v) is 4.19. The number of pyridine rings is 1. The van der Waals surface area contributed by atoms with Gasteiger partial charge in [-0.1, -0.05) is 28.1 Å². The number of halogens is 1. The average Bonchev–Trinajstić information content (AvgIpc) is 2.51. The molecule has 0 radical (unpaired) electrons. The third kappa shape index (κ3) is 2.91. The van der Waals surface area contributed by atoms with Crippen molar-refractivity contribution in [3.63, 3.8) is 0 Å². The number of fused-ring (bicyclic) bond motifs is 1. The van der Waals surface area contributed by atoms with E-state index in [1.165, 1.54) is 0 Å². The highest BCUT2D eigenvalue weighted by atomic mass is 79.9. The maximum absolute atomic E-state index is 6.05. The fraction of sp³-hybridized carbons (Fsp3) is 0.118. The predicted octanol–water partition coefficient (Wildman–Crippen LogP) is 4.56. The number of benzene rings is 2. The molecule has 0 spiro atoms. The van der Waals surface area contributed by atoms with Crippen LogP contribution in [-0.2, 0) is 6.54 Å². The summed E-state index contributed by atoms with van der Waals surface area (Å²) in [4.78, 5) is 4.52. The molecule has 0 aliphatic rings. The van der Waals surface area contributed by atoms with Crippen LogP contribution in [0.25, 0.3) is 10.9 Å². The Kier molecular flexibility index (Phi) is 3.90. The molecule has 1 heterocycles. The predicted molar refractivity (Wildman–Crippen MR) is 88.6 cm³/mol. The fourth-order valence-corrected chi connectivity index (χ4v) is 2.44. The molecule has 3 nitrogen and oxygen atoms in total. The van der Waals surface area contributed by atoms with Crippen LogP contribution in [0.1, 0.15) is 11.3 Å². The van der Waals surface area contributed by atoms with Crippen LogP contribution < -0.4 is 10.5 Å². The van der Waals surface area contributed by atoms with Crippen molar-refractivity contribution in [3.8, 4) is 11.5 Å². The molecule has 106 valence electrons. The summed E-state index contributed by atoms with van der Waals surface area (Å²) in [6.45, 7) is 2.42. The number of hydrogen-bond donors (Lipinski definition) is 1. The molecule has 3 rings (SSSR count). The Morgan fingerprint density at radius 2 is 1.95 bits per heavy atom. The molecule has 0 atom stereocenters. The Balaban J connectivity index is 2.08. The van der Waals surface area contributed by atoms with Crippen molar-refractivity contribution in [2.75, 3.05) is 0 Å². The highest BCUT2D eigenvalue weighted by Crippen LogP contribution is 2.31. The summed E-state index contributed by atoms with van der Waals surface area (Å²) >= 11 is 3.50. The minimum Gasteiger partial charge on any atom is -0.457 e. The van der Waals surface area contributed by atoms with Crippen molar-refractivity contribution in [1.82, 2.24) is 4.98 Å². The van der Waals surface area contributed by atoms with Crippen LogP contribution in [0, 0.1) is 6.92 Å². The number of aryl methyl sites for hydroxylation is 1. The summed E-state index contributed by atoms with van der Waals surface area (Å²) in [6, 6.07) is 15.7. The number of para-hydroxylation sites is 1. The second-order valence-electron chi connectivity index (χ2n) is 4.85. The standard InChI is InChI=1S/C17H15BrN2O/c1-11-8-13(6-7-15(11)18)21-17-9-12(10-19)20-16-5-3-2-4-14(16)17/h2-9H,10,19H2,1H3. The molecule has 21 heavy (non-hydrogen) atoms. The summed E-state index contributed by atoms with van der Waals surface area (Å²) in [5.74, 6) is 1.58. The van der Waals surface area contributed by atoms with Gasteiger partial charge in [0, 0.05) is 22.5 Å².